The molecule has 1 aromatic carbocycles. The Balaban J connectivity index is 1.34. The third-order valence-corrected chi connectivity index (χ3v) is 8.80. The predicted molar refractivity (Wildman–Crippen MR) is 128 cm³/mol. The van der Waals surface area contributed by atoms with Gasteiger partial charge in [-0.05, 0) is 74.5 Å². The highest BCUT2D eigenvalue weighted by Crippen LogP contribution is 2.58. The van der Waals surface area contributed by atoms with E-state index in [4.69, 9.17) is 15.2 Å². The van der Waals surface area contributed by atoms with Crippen molar-refractivity contribution in [2.24, 2.45) is 11.1 Å². The molecule has 0 unspecified atom stereocenters. The Morgan fingerprint density at radius 3 is 2.21 bits per heavy atom. The SMILES string of the molecule is COC1(CNC(=O)C23CCC(c4ccc(OCC(=CF)CN)cc4)(CC2)CC3)CCCCC1. The van der Waals surface area contributed by atoms with Gasteiger partial charge in [0.15, 0.2) is 0 Å². The lowest BCUT2D eigenvalue weighted by Gasteiger charge is -2.53. The van der Waals surface area contributed by atoms with Crippen LogP contribution in [0.3, 0.4) is 0 Å². The fraction of sp³-hybridized carbons (Fsp3) is 0.667. The minimum Gasteiger partial charge on any atom is -0.489 e. The number of ether oxygens (including phenoxy) is 2. The second-order valence-electron chi connectivity index (χ2n) is 10.5. The van der Waals surface area contributed by atoms with Gasteiger partial charge in [0.2, 0.25) is 5.91 Å². The summed E-state index contributed by atoms with van der Waals surface area (Å²) in [4.78, 5) is 13.3. The summed E-state index contributed by atoms with van der Waals surface area (Å²) in [6.07, 6.45) is 12.2. The van der Waals surface area contributed by atoms with Gasteiger partial charge in [-0.2, -0.15) is 0 Å². The van der Waals surface area contributed by atoms with Gasteiger partial charge in [-0.15, -0.1) is 0 Å². The number of rotatable bonds is 9. The molecule has 0 atom stereocenters. The normalized spacial score (nSPS) is 29.0. The maximum Gasteiger partial charge on any atom is 0.226 e. The minimum atomic E-state index is -0.217. The van der Waals surface area contributed by atoms with Gasteiger partial charge in [0, 0.05) is 31.2 Å². The van der Waals surface area contributed by atoms with E-state index >= 15 is 0 Å². The first-order chi connectivity index (χ1) is 16.0. The highest BCUT2D eigenvalue weighted by molar-refractivity contribution is 5.83. The predicted octanol–water partition coefficient (Wildman–Crippen LogP) is 4.94. The second kappa shape index (κ2) is 10.1. The molecule has 1 aromatic rings. The van der Waals surface area contributed by atoms with E-state index in [9.17, 15) is 9.18 Å². The highest BCUT2D eigenvalue weighted by Gasteiger charge is 2.53. The number of hydrogen-bond donors (Lipinski definition) is 2. The van der Waals surface area contributed by atoms with E-state index in [0.29, 0.717) is 18.4 Å². The summed E-state index contributed by atoms with van der Waals surface area (Å²) >= 11 is 0. The Morgan fingerprint density at radius 2 is 1.67 bits per heavy atom. The van der Waals surface area contributed by atoms with Crippen LogP contribution in [0, 0.1) is 5.41 Å². The van der Waals surface area contributed by atoms with Gasteiger partial charge >= 0.3 is 0 Å². The van der Waals surface area contributed by atoms with Crippen molar-refractivity contribution in [3.05, 3.63) is 41.7 Å². The van der Waals surface area contributed by atoms with Crippen molar-refractivity contribution in [3.8, 4) is 5.75 Å². The Morgan fingerprint density at radius 1 is 1.03 bits per heavy atom. The molecule has 4 aliphatic rings. The standard InChI is InChI=1S/C27H39FN2O3/c1-32-27(9-3-2-4-10-27)20-30-24(31)26-14-11-25(12-15-26,13-16-26)22-5-7-23(8-6-22)33-19-21(17-28)18-29/h5-8,17H,2-4,9-16,18-20,29H2,1H3,(H,30,31). The molecule has 5 rings (SSSR count). The smallest absolute Gasteiger partial charge is 0.226 e. The minimum absolute atomic E-state index is 0.152. The fourth-order valence-electron chi connectivity index (χ4n) is 6.25. The first-order valence-electron chi connectivity index (χ1n) is 12.5. The van der Waals surface area contributed by atoms with Crippen LogP contribution in [-0.2, 0) is 14.9 Å². The van der Waals surface area contributed by atoms with Crippen LogP contribution >= 0.6 is 0 Å². The van der Waals surface area contributed by atoms with Gasteiger partial charge in [-0.25, -0.2) is 4.39 Å². The molecule has 3 N–H and O–H groups in total. The van der Waals surface area contributed by atoms with Gasteiger partial charge in [0.1, 0.15) is 12.4 Å². The molecule has 4 aliphatic carbocycles. The van der Waals surface area contributed by atoms with E-state index in [1.165, 1.54) is 24.8 Å². The van der Waals surface area contributed by atoms with Crippen molar-refractivity contribution in [2.75, 3.05) is 26.8 Å². The van der Waals surface area contributed by atoms with Crippen LogP contribution in [0.25, 0.3) is 0 Å². The zero-order valence-electron chi connectivity index (χ0n) is 20.0. The third kappa shape index (κ3) is 4.97. The molecule has 0 radical (unpaired) electrons. The molecule has 0 heterocycles. The summed E-state index contributed by atoms with van der Waals surface area (Å²) in [5.74, 6) is 0.955. The van der Waals surface area contributed by atoms with Crippen molar-refractivity contribution in [3.63, 3.8) is 0 Å². The van der Waals surface area contributed by atoms with Crippen LogP contribution in [0.15, 0.2) is 36.2 Å². The van der Waals surface area contributed by atoms with E-state index < -0.39 is 0 Å². The molecule has 0 saturated heterocycles. The molecule has 4 saturated carbocycles. The second-order valence-corrected chi connectivity index (χ2v) is 10.5. The molecular formula is C27H39FN2O3. The maximum atomic E-state index is 13.3. The molecule has 0 spiro atoms. The monoisotopic (exact) mass is 458 g/mol. The number of benzene rings is 1. The van der Waals surface area contributed by atoms with Crippen LogP contribution in [-0.4, -0.2) is 38.3 Å². The summed E-state index contributed by atoms with van der Waals surface area (Å²) in [6, 6.07) is 8.21. The van der Waals surface area contributed by atoms with E-state index in [1.807, 2.05) is 12.1 Å². The van der Waals surface area contributed by atoms with Gasteiger partial charge in [-0.1, -0.05) is 31.4 Å². The lowest BCUT2D eigenvalue weighted by molar-refractivity contribution is -0.140. The Labute approximate surface area is 197 Å². The number of fused-ring (bicyclic) bond motifs is 3. The number of carbonyl (C=O) groups excluding carboxylic acids is 1. The molecule has 2 bridgehead atoms. The summed E-state index contributed by atoms with van der Waals surface area (Å²) in [5, 5.41) is 3.30. The van der Waals surface area contributed by atoms with Crippen molar-refractivity contribution in [1.29, 1.82) is 0 Å². The van der Waals surface area contributed by atoms with Crippen LogP contribution in [0.5, 0.6) is 5.75 Å². The number of amides is 1. The average Bonchev–Trinajstić information content (AvgIpc) is 2.90. The molecular weight excluding hydrogens is 419 g/mol. The first kappa shape index (κ1) is 24.2. The van der Waals surface area contributed by atoms with Crippen LogP contribution < -0.4 is 15.8 Å². The van der Waals surface area contributed by atoms with Crippen LogP contribution in [0.4, 0.5) is 4.39 Å². The zero-order valence-corrected chi connectivity index (χ0v) is 20.0. The van der Waals surface area contributed by atoms with Gasteiger partial charge in [0.05, 0.1) is 11.9 Å². The lowest BCUT2D eigenvalue weighted by atomic mass is 9.51. The number of methoxy groups -OCH3 is 1. The number of carbonyl (C=O) groups is 1. The van der Waals surface area contributed by atoms with E-state index in [0.717, 1.165) is 57.1 Å². The molecule has 0 aliphatic heterocycles. The van der Waals surface area contributed by atoms with Crippen LogP contribution in [0.2, 0.25) is 0 Å². The Bertz CT molecular complexity index is 821. The Kier molecular flexibility index (Phi) is 7.44. The van der Waals surface area contributed by atoms with Gasteiger partial charge < -0.3 is 20.5 Å². The summed E-state index contributed by atoms with van der Waals surface area (Å²) < 4.78 is 24.2. The highest BCUT2D eigenvalue weighted by atomic mass is 19.1. The van der Waals surface area contributed by atoms with E-state index in [1.54, 1.807) is 7.11 Å². The van der Waals surface area contributed by atoms with Crippen LogP contribution in [0.1, 0.15) is 76.2 Å². The number of nitrogens with two attached hydrogens (primary N) is 1. The quantitative estimate of drug-likeness (QED) is 0.550. The number of halogens is 1. The largest absolute Gasteiger partial charge is 0.489 e. The fourth-order valence-corrected chi connectivity index (χ4v) is 6.25. The summed E-state index contributed by atoms with van der Waals surface area (Å²) in [7, 11) is 1.79. The van der Waals surface area contributed by atoms with Crippen molar-refractivity contribution < 1.29 is 18.7 Å². The van der Waals surface area contributed by atoms with E-state index in [-0.39, 0.29) is 35.5 Å². The average molecular weight is 459 g/mol. The van der Waals surface area contributed by atoms with Gasteiger partial charge in [-0.3, -0.25) is 4.79 Å². The molecule has 4 fully saturated rings. The molecule has 33 heavy (non-hydrogen) atoms. The number of nitrogens with one attached hydrogen (secondary N) is 1. The summed E-state index contributed by atoms with van der Waals surface area (Å²) in [6.45, 7) is 0.957. The maximum absolute atomic E-state index is 13.3. The molecule has 6 heteroatoms. The molecule has 182 valence electrons. The first-order valence-corrected chi connectivity index (χ1v) is 12.5. The van der Waals surface area contributed by atoms with Gasteiger partial charge in [0.25, 0.3) is 0 Å². The lowest BCUT2D eigenvalue weighted by Crippen LogP contribution is -2.54. The van der Waals surface area contributed by atoms with E-state index in [2.05, 4.69) is 17.4 Å². The summed E-state index contributed by atoms with van der Waals surface area (Å²) in [5.41, 5.74) is 7.01. The molecule has 1 amide bonds. The molecule has 5 nitrogen and oxygen atoms in total. The van der Waals surface area contributed by atoms with Crippen molar-refractivity contribution in [2.45, 2.75) is 81.6 Å². The van der Waals surface area contributed by atoms with Crippen molar-refractivity contribution >= 4 is 5.91 Å². The molecule has 0 aromatic heterocycles. The zero-order chi connectivity index (χ0) is 23.4. The third-order valence-electron chi connectivity index (χ3n) is 8.80. The van der Waals surface area contributed by atoms with Crippen molar-refractivity contribution in [1.82, 2.24) is 5.32 Å². The topological polar surface area (TPSA) is 73.6 Å². The Hall–Kier alpha value is -1.92. The number of hydrogen-bond acceptors (Lipinski definition) is 4.